The van der Waals surface area contributed by atoms with Crippen LogP contribution in [0.5, 0.6) is 0 Å². The van der Waals surface area contributed by atoms with Crippen molar-refractivity contribution >= 4 is 0 Å². The van der Waals surface area contributed by atoms with Crippen LogP contribution < -0.4 is 5.56 Å². The van der Waals surface area contributed by atoms with Gasteiger partial charge in [0, 0.05) is 24.7 Å². The molecule has 4 heteroatoms. The highest BCUT2D eigenvalue weighted by molar-refractivity contribution is 5.20. The quantitative estimate of drug-likeness (QED) is 0.718. The van der Waals surface area contributed by atoms with E-state index in [9.17, 15) is 4.79 Å². The Bertz CT molecular complexity index is 389. The van der Waals surface area contributed by atoms with Gasteiger partial charge in [0.05, 0.1) is 5.69 Å². The Hall–Kier alpha value is -1.03. The molecule has 0 aliphatic carbocycles. The van der Waals surface area contributed by atoms with E-state index in [-0.39, 0.29) is 11.6 Å². The van der Waals surface area contributed by atoms with E-state index in [0.29, 0.717) is 0 Å². The van der Waals surface area contributed by atoms with Crippen molar-refractivity contribution in [2.24, 2.45) is 0 Å². The summed E-state index contributed by atoms with van der Waals surface area (Å²) in [5.41, 5.74) is 2.25. The number of aromatic amines is 1. The van der Waals surface area contributed by atoms with Crippen LogP contribution in [0.1, 0.15) is 31.1 Å². The summed E-state index contributed by atoms with van der Waals surface area (Å²) in [6, 6.07) is 0.221. The number of hydrogen-bond acceptors (Lipinski definition) is 2. The Morgan fingerprint density at radius 3 is 2.79 bits per heavy atom. The number of hydrogen-bond donors (Lipinski definition) is 1. The van der Waals surface area contributed by atoms with E-state index in [2.05, 4.69) is 17.0 Å². The van der Waals surface area contributed by atoms with E-state index in [1.54, 1.807) is 4.68 Å². The average molecular weight is 195 g/mol. The minimum atomic E-state index is 0.170. The number of rotatable bonds is 1. The number of fused-ring (bicyclic) bond motifs is 1. The van der Waals surface area contributed by atoms with Crippen molar-refractivity contribution < 1.29 is 0 Å². The van der Waals surface area contributed by atoms with Crippen LogP contribution in [0.4, 0.5) is 0 Å². The van der Waals surface area contributed by atoms with Crippen LogP contribution in [0.15, 0.2) is 4.79 Å². The van der Waals surface area contributed by atoms with Gasteiger partial charge in [-0.25, -0.2) is 0 Å². The van der Waals surface area contributed by atoms with Crippen molar-refractivity contribution in [2.45, 2.75) is 32.9 Å². The number of aromatic nitrogens is 2. The fourth-order valence-corrected chi connectivity index (χ4v) is 1.94. The SMILES string of the molecule is CC(C)n1[nH]c2c(c1=O)CCN(C)C2. The molecule has 0 unspecified atom stereocenters. The van der Waals surface area contributed by atoms with Gasteiger partial charge < -0.3 is 4.90 Å². The van der Waals surface area contributed by atoms with Crippen LogP contribution in [0.2, 0.25) is 0 Å². The third-order valence-electron chi connectivity index (χ3n) is 2.78. The van der Waals surface area contributed by atoms with Crippen molar-refractivity contribution in [1.82, 2.24) is 14.7 Å². The Morgan fingerprint density at radius 2 is 2.14 bits per heavy atom. The fraction of sp³-hybridized carbons (Fsp3) is 0.700. The predicted molar refractivity (Wildman–Crippen MR) is 55.5 cm³/mol. The van der Waals surface area contributed by atoms with Gasteiger partial charge in [-0.05, 0) is 27.3 Å². The zero-order valence-electron chi connectivity index (χ0n) is 9.00. The Morgan fingerprint density at radius 1 is 1.43 bits per heavy atom. The number of nitrogens with one attached hydrogen (secondary N) is 1. The Kier molecular flexibility index (Phi) is 2.23. The van der Waals surface area contributed by atoms with Gasteiger partial charge in [-0.1, -0.05) is 0 Å². The van der Waals surface area contributed by atoms with Gasteiger partial charge in [-0.3, -0.25) is 14.6 Å². The largest absolute Gasteiger partial charge is 0.300 e. The third kappa shape index (κ3) is 1.39. The Labute approximate surface area is 83.5 Å². The molecule has 1 aliphatic rings. The van der Waals surface area contributed by atoms with Gasteiger partial charge in [0.25, 0.3) is 5.56 Å². The molecule has 0 atom stereocenters. The maximum Gasteiger partial charge on any atom is 0.270 e. The standard InChI is InChI=1S/C10H17N3O/c1-7(2)13-10(14)8-4-5-12(3)6-9(8)11-13/h7,11H,4-6H2,1-3H3. The van der Waals surface area contributed by atoms with Gasteiger partial charge >= 0.3 is 0 Å². The molecule has 0 saturated carbocycles. The van der Waals surface area contributed by atoms with E-state index >= 15 is 0 Å². The van der Waals surface area contributed by atoms with Crippen molar-refractivity contribution in [2.75, 3.05) is 13.6 Å². The minimum Gasteiger partial charge on any atom is -0.300 e. The zero-order valence-corrected chi connectivity index (χ0v) is 9.00. The first-order chi connectivity index (χ1) is 6.59. The van der Waals surface area contributed by atoms with Crippen LogP contribution in [0, 0.1) is 0 Å². The topological polar surface area (TPSA) is 41.0 Å². The summed E-state index contributed by atoms with van der Waals surface area (Å²) in [7, 11) is 2.08. The summed E-state index contributed by atoms with van der Waals surface area (Å²) >= 11 is 0. The lowest BCUT2D eigenvalue weighted by Gasteiger charge is -2.20. The highest BCUT2D eigenvalue weighted by atomic mass is 16.1. The highest BCUT2D eigenvalue weighted by Gasteiger charge is 2.20. The van der Waals surface area contributed by atoms with Crippen molar-refractivity contribution in [3.63, 3.8) is 0 Å². The summed E-state index contributed by atoms with van der Waals surface area (Å²) in [4.78, 5) is 14.1. The molecule has 0 radical (unpaired) electrons. The molecule has 1 aromatic rings. The third-order valence-corrected chi connectivity index (χ3v) is 2.78. The number of H-pyrrole nitrogens is 1. The lowest BCUT2D eigenvalue weighted by molar-refractivity contribution is 0.307. The van der Waals surface area contributed by atoms with Crippen molar-refractivity contribution in [3.8, 4) is 0 Å². The lowest BCUT2D eigenvalue weighted by Crippen LogP contribution is -2.29. The predicted octanol–water partition coefficient (Wildman–Crippen LogP) is 0.745. The minimum absolute atomic E-state index is 0.170. The first-order valence-corrected chi connectivity index (χ1v) is 5.10. The molecule has 0 fully saturated rings. The van der Waals surface area contributed by atoms with Crippen LogP contribution in [0.3, 0.4) is 0 Å². The van der Waals surface area contributed by atoms with Crippen LogP contribution >= 0.6 is 0 Å². The molecule has 78 valence electrons. The van der Waals surface area contributed by atoms with Gasteiger partial charge in [-0.2, -0.15) is 0 Å². The zero-order chi connectivity index (χ0) is 10.3. The normalized spacial score (nSPS) is 17.4. The molecule has 14 heavy (non-hydrogen) atoms. The maximum absolute atomic E-state index is 11.9. The second-order valence-electron chi connectivity index (χ2n) is 4.33. The van der Waals surface area contributed by atoms with Crippen molar-refractivity contribution in [3.05, 3.63) is 21.6 Å². The second-order valence-corrected chi connectivity index (χ2v) is 4.33. The summed E-state index contributed by atoms with van der Waals surface area (Å²) in [5, 5.41) is 3.19. The molecule has 0 bridgehead atoms. The smallest absolute Gasteiger partial charge is 0.270 e. The molecular formula is C10H17N3O. The van der Waals surface area contributed by atoms with Gasteiger partial charge in [0.1, 0.15) is 0 Å². The molecule has 2 rings (SSSR count). The molecule has 4 nitrogen and oxygen atoms in total. The molecule has 0 aromatic carbocycles. The monoisotopic (exact) mass is 195 g/mol. The maximum atomic E-state index is 11.9. The molecule has 0 amide bonds. The van der Waals surface area contributed by atoms with E-state index in [1.807, 2.05) is 13.8 Å². The fourth-order valence-electron chi connectivity index (χ4n) is 1.94. The van der Waals surface area contributed by atoms with Gasteiger partial charge in [0.2, 0.25) is 0 Å². The Balaban J connectivity index is 2.46. The summed E-state index contributed by atoms with van der Waals surface area (Å²) in [6.45, 7) is 5.89. The average Bonchev–Trinajstić information content (AvgIpc) is 2.43. The molecule has 0 spiro atoms. The lowest BCUT2D eigenvalue weighted by atomic mass is 10.1. The summed E-state index contributed by atoms with van der Waals surface area (Å²) in [5.74, 6) is 0. The van der Waals surface area contributed by atoms with Gasteiger partial charge in [-0.15, -0.1) is 0 Å². The van der Waals surface area contributed by atoms with Crippen LogP contribution in [-0.2, 0) is 13.0 Å². The molecule has 1 aliphatic heterocycles. The van der Waals surface area contributed by atoms with Crippen molar-refractivity contribution in [1.29, 1.82) is 0 Å². The number of nitrogens with zero attached hydrogens (tertiary/aromatic N) is 2. The summed E-state index contributed by atoms with van der Waals surface area (Å²) in [6.07, 6.45) is 0.876. The van der Waals surface area contributed by atoms with E-state index < -0.39 is 0 Å². The first-order valence-electron chi connectivity index (χ1n) is 5.10. The molecule has 0 saturated heterocycles. The van der Waals surface area contributed by atoms with E-state index in [1.165, 1.54) is 0 Å². The highest BCUT2D eigenvalue weighted by Crippen LogP contribution is 2.13. The van der Waals surface area contributed by atoms with E-state index in [0.717, 1.165) is 30.8 Å². The van der Waals surface area contributed by atoms with Gasteiger partial charge in [0.15, 0.2) is 0 Å². The van der Waals surface area contributed by atoms with Crippen LogP contribution in [0.25, 0.3) is 0 Å². The summed E-state index contributed by atoms with van der Waals surface area (Å²) < 4.78 is 1.73. The molecular weight excluding hydrogens is 178 g/mol. The van der Waals surface area contributed by atoms with E-state index in [4.69, 9.17) is 0 Å². The first kappa shape index (κ1) is 9.52. The molecule has 2 heterocycles. The van der Waals surface area contributed by atoms with Crippen LogP contribution in [-0.4, -0.2) is 28.3 Å². The molecule has 1 aromatic heterocycles. The second kappa shape index (κ2) is 3.28. The number of likely N-dealkylation sites (N-methyl/N-ethyl adjacent to an activating group) is 1. The molecule has 1 N–H and O–H groups in total.